The van der Waals surface area contributed by atoms with Crippen molar-refractivity contribution in [3.63, 3.8) is 0 Å². The van der Waals surface area contributed by atoms with E-state index in [1.54, 1.807) is 0 Å². The van der Waals surface area contributed by atoms with E-state index in [1.807, 2.05) is 13.8 Å². The molecular weight excluding hydrogens is 157 g/mol. The Morgan fingerprint density at radius 1 is 1.42 bits per heavy atom. The van der Waals surface area contributed by atoms with E-state index in [9.17, 15) is 4.39 Å². The van der Waals surface area contributed by atoms with Crippen LogP contribution in [0.5, 0.6) is 0 Å². The quantitative estimate of drug-likeness (QED) is 0.736. The second-order valence-electron chi connectivity index (χ2n) is 2.85. The summed E-state index contributed by atoms with van der Waals surface area (Å²) in [5, 5.41) is 3.13. The molecule has 1 aromatic rings. The molecule has 0 saturated carbocycles. The number of nitrogens with zero attached hydrogens (tertiary/aromatic N) is 2. The summed E-state index contributed by atoms with van der Waals surface area (Å²) in [7, 11) is 0. The Hall–Kier alpha value is -1.03. The largest absolute Gasteiger partial charge is 0.308 e. The summed E-state index contributed by atoms with van der Waals surface area (Å²) in [5.74, 6) is 0.216. The molecule has 3 nitrogen and oxygen atoms in total. The Morgan fingerprint density at radius 2 is 2.00 bits per heavy atom. The van der Waals surface area contributed by atoms with Crippen molar-refractivity contribution in [3.05, 3.63) is 24.0 Å². The summed E-state index contributed by atoms with van der Waals surface area (Å²) in [4.78, 5) is 7.60. The first-order chi connectivity index (χ1) is 5.68. The van der Waals surface area contributed by atoms with Crippen LogP contribution in [0.15, 0.2) is 12.4 Å². The first-order valence-corrected chi connectivity index (χ1v) is 3.88. The van der Waals surface area contributed by atoms with Crippen molar-refractivity contribution in [1.29, 1.82) is 0 Å². The summed E-state index contributed by atoms with van der Waals surface area (Å²) < 4.78 is 12.3. The standard InChI is InChI=1S/C8H12FN3/c1-6(2)10-5-8-11-3-7(9)4-12-8/h3-4,6,10H,5H2,1-2H3. The third-order valence-corrected chi connectivity index (χ3v) is 1.34. The minimum atomic E-state index is -0.400. The fourth-order valence-corrected chi connectivity index (χ4v) is 0.726. The van der Waals surface area contributed by atoms with Gasteiger partial charge in [0, 0.05) is 6.04 Å². The van der Waals surface area contributed by atoms with E-state index in [0.29, 0.717) is 18.4 Å². The summed E-state index contributed by atoms with van der Waals surface area (Å²) in [6.45, 7) is 4.64. The highest BCUT2D eigenvalue weighted by molar-refractivity contribution is 4.90. The lowest BCUT2D eigenvalue weighted by Crippen LogP contribution is -2.23. The average molecular weight is 169 g/mol. The lowest BCUT2D eigenvalue weighted by Gasteiger charge is -2.05. The molecule has 0 spiro atoms. The van der Waals surface area contributed by atoms with Crippen LogP contribution in [0.25, 0.3) is 0 Å². The molecule has 0 fully saturated rings. The number of aromatic nitrogens is 2. The van der Waals surface area contributed by atoms with Crippen molar-refractivity contribution in [2.45, 2.75) is 26.4 Å². The van der Waals surface area contributed by atoms with Gasteiger partial charge in [0.05, 0.1) is 18.9 Å². The first kappa shape index (κ1) is 9.06. The number of rotatable bonds is 3. The van der Waals surface area contributed by atoms with Crippen LogP contribution >= 0.6 is 0 Å². The lowest BCUT2D eigenvalue weighted by atomic mass is 10.4. The van der Waals surface area contributed by atoms with Crippen molar-refractivity contribution in [2.75, 3.05) is 0 Å². The molecule has 0 atom stereocenters. The molecule has 1 N–H and O–H groups in total. The van der Waals surface area contributed by atoms with Gasteiger partial charge in [0.15, 0.2) is 5.82 Å². The molecule has 0 radical (unpaired) electrons. The summed E-state index contributed by atoms with van der Waals surface area (Å²) in [6.07, 6.45) is 2.34. The van der Waals surface area contributed by atoms with E-state index in [4.69, 9.17) is 0 Å². The van der Waals surface area contributed by atoms with E-state index in [1.165, 1.54) is 12.4 Å². The van der Waals surface area contributed by atoms with Crippen LogP contribution in [-0.4, -0.2) is 16.0 Å². The molecule has 12 heavy (non-hydrogen) atoms. The van der Waals surface area contributed by atoms with Gasteiger partial charge in [0.25, 0.3) is 0 Å². The van der Waals surface area contributed by atoms with Crippen LogP contribution in [-0.2, 0) is 6.54 Å². The molecule has 1 rings (SSSR count). The summed E-state index contributed by atoms with van der Waals surface area (Å²) in [5.41, 5.74) is 0. The Morgan fingerprint density at radius 3 is 2.50 bits per heavy atom. The van der Waals surface area contributed by atoms with Gasteiger partial charge in [0.2, 0.25) is 0 Å². The molecule has 1 aromatic heterocycles. The Balaban J connectivity index is 2.48. The van der Waals surface area contributed by atoms with Crippen molar-refractivity contribution in [1.82, 2.24) is 15.3 Å². The maximum Gasteiger partial charge on any atom is 0.159 e. The van der Waals surface area contributed by atoms with Gasteiger partial charge in [-0.05, 0) is 0 Å². The fraction of sp³-hybridized carbons (Fsp3) is 0.500. The van der Waals surface area contributed by atoms with Gasteiger partial charge >= 0.3 is 0 Å². The van der Waals surface area contributed by atoms with Gasteiger partial charge in [-0.3, -0.25) is 0 Å². The predicted molar refractivity (Wildman–Crippen MR) is 44.0 cm³/mol. The molecule has 0 aliphatic rings. The highest BCUT2D eigenvalue weighted by atomic mass is 19.1. The summed E-state index contributed by atoms with van der Waals surface area (Å²) >= 11 is 0. The Labute approximate surface area is 71.0 Å². The molecule has 0 aliphatic heterocycles. The number of halogens is 1. The second-order valence-corrected chi connectivity index (χ2v) is 2.85. The zero-order chi connectivity index (χ0) is 8.97. The average Bonchev–Trinajstić information content (AvgIpc) is 2.03. The molecule has 0 amide bonds. The number of nitrogens with one attached hydrogen (secondary N) is 1. The van der Waals surface area contributed by atoms with Crippen molar-refractivity contribution in [3.8, 4) is 0 Å². The molecule has 0 unspecified atom stereocenters. The zero-order valence-electron chi connectivity index (χ0n) is 7.21. The van der Waals surface area contributed by atoms with Crippen LogP contribution in [0, 0.1) is 5.82 Å². The molecule has 0 saturated heterocycles. The molecule has 0 bridgehead atoms. The normalized spacial score (nSPS) is 10.7. The fourth-order valence-electron chi connectivity index (χ4n) is 0.726. The summed E-state index contributed by atoms with van der Waals surface area (Å²) in [6, 6.07) is 0.388. The van der Waals surface area contributed by atoms with E-state index < -0.39 is 5.82 Å². The van der Waals surface area contributed by atoms with Crippen LogP contribution in [0.1, 0.15) is 19.7 Å². The predicted octanol–water partition coefficient (Wildman–Crippen LogP) is 1.11. The Bertz CT molecular complexity index is 233. The Kier molecular flexibility index (Phi) is 3.10. The molecule has 66 valence electrons. The van der Waals surface area contributed by atoms with Crippen LogP contribution < -0.4 is 5.32 Å². The maximum absolute atomic E-state index is 12.3. The minimum absolute atomic E-state index is 0.388. The van der Waals surface area contributed by atoms with Crippen LogP contribution in [0.3, 0.4) is 0 Å². The highest BCUT2D eigenvalue weighted by Crippen LogP contribution is 1.93. The van der Waals surface area contributed by atoms with Gasteiger partial charge in [-0.15, -0.1) is 0 Å². The highest BCUT2D eigenvalue weighted by Gasteiger charge is 1.97. The van der Waals surface area contributed by atoms with Gasteiger partial charge in [-0.2, -0.15) is 0 Å². The zero-order valence-corrected chi connectivity index (χ0v) is 7.21. The van der Waals surface area contributed by atoms with E-state index in [2.05, 4.69) is 15.3 Å². The smallest absolute Gasteiger partial charge is 0.159 e. The molecule has 0 aromatic carbocycles. The topological polar surface area (TPSA) is 37.8 Å². The second kappa shape index (κ2) is 4.11. The monoisotopic (exact) mass is 169 g/mol. The van der Waals surface area contributed by atoms with Crippen molar-refractivity contribution in [2.24, 2.45) is 0 Å². The van der Waals surface area contributed by atoms with Gasteiger partial charge in [-0.1, -0.05) is 13.8 Å². The van der Waals surface area contributed by atoms with E-state index in [0.717, 1.165) is 0 Å². The molecule has 1 heterocycles. The van der Waals surface area contributed by atoms with E-state index in [-0.39, 0.29) is 0 Å². The van der Waals surface area contributed by atoms with Gasteiger partial charge < -0.3 is 5.32 Å². The minimum Gasteiger partial charge on any atom is -0.308 e. The third-order valence-electron chi connectivity index (χ3n) is 1.34. The van der Waals surface area contributed by atoms with Crippen molar-refractivity contribution >= 4 is 0 Å². The van der Waals surface area contributed by atoms with Crippen LogP contribution in [0.4, 0.5) is 4.39 Å². The third kappa shape index (κ3) is 2.92. The molecule has 4 heteroatoms. The molecule has 0 aliphatic carbocycles. The van der Waals surface area contributed by atoms with E-state index >= 15 is 0 Å². The van der Waals surface area contributed by atoms with Crippen molar-refractivity contribution < 1.29 is 4.39 Å². The molecular formula is C8H12FN3. The van der Waals surface area contributed by atoms with Crippen LogP contribution in [0.2, 0.25) is 0 Å². The maximum atomic E-state index is 12.3. The number of hydrogen-bond donors (Lipinski definition) is 1. The SMILES string of the molecule is CC(C)NCc1ncc(F)cn1. The lowest BCUT2D eigenvalue weighted by molar-refractivity contribution is 0.561. The number of hydrogen-bond acceptors (Lipinski definition) is 3. The van der Waals surface area contributed by atoms with Gasteiger partial charge in [-0.25, -0.2) is 14.4 Å². The first-order valence-electron chi connectivity index (χ1n) is 3.88. The van der Waals surface area contributed by atoms with Gasteiger partial charge in [0.1, 0.15) is 5.82 Å².